The van der Waals surface area contributed by atoms with Gasteiger partial charge in [-0.2, -0.15) is 0 Å². The van der Waals surface area contributed by atoms with Crippen LogP contribution in [-0.2, 0) is 85.3 Å². The van der Waals surface area contributed by atoms with E-state index in [0.717, 1.165) is 270 Å². The predicted molar refractivity (Wildman–Crippen MR) is 454 cm³/mol. The smallest absolute Gasteiger partial charge is 0.470 e. The molecule has 14 atom stereocenters. The molecule has 29 heteroatoms. The van der Waals surface area contributed by atoms with Gasteiger partial charge in [0.15, 0.2) is 18.7 Å². The molecular weight excluding hydrogens is 1540 g/mol. The number of quaternary nitrogens is 1. The number of esters is 4. The average molecular weight is 1710 g/mol. The topological polar surface area (TPSA) is 434 Å². The van der Waals surface area contributed by atoms with Gasteiger partial charge in [-0.1, -0.05) is 311 Å². The van der Waals surface area contributed by atoms with E-state index in [1.54, 1.807) is 0 Å². The molecular formula is C89H167N4O24P. The van der Waals surface area contributed by atoms with E-state index >= 15 is 9.59 Å². The lowest BCUT2D eigenvalue weighted by Gasteiger charge is -2.47. The zero-order chi connectivity index (χ0) is 86.1. The number of nitrogens with one attached hydrogen (secondary N) is 3. The number of phosphoric acid groups is 1. The molecule has 2 rings (SSSR count). The van der Waals surface area contributed by atoms with Crippen LogP contribution >= 0.6 is 7.82 Å². The molecule has 2 heterocycles. The van der Waals surface area contributed by atoms with Gasteiger partial charge in [0.05, 0.1) is 51.1 Å². The number of aliphatic hydroxyl groups is 3. The fourth-order valence-corrected chi connectivity index (χ4v) is 15.9. The Morgan fingerprint density at radius 2 is 0.737 bits per heavy atom. The van der Waals surface area contributed by atoms with Crippen LogP contribution in [0.4, 0.5) is 0 Å². The highest BCUT2D eigenvalue weighted by atomic mass is 31.2. The molecule has 28 nitrogen and oxygen atoms in total. The van der Waals surface area contributed by atoms with Crippen molar-refractivity contribution in [2.24, 2.45) is 0 Å². The number of carbonyl (C=O) groups is 8. The van der Waals surface area contributed by atoms with E-state index < -0.39 is 180 Å². The summed E-state index contributed by atoms with van der Waals surface area (Å²) in [6.07, 6.45) is 27.1. The molecule has 12 N–H and O–H groups in total. The van der Waals surface area contributed by atoms with Crippen LogP contribution in [0.25, 0.3) is 0 Å². The number of rotatable bonds is 77. The molecule has 2 fully saturated rings. The summed E-state index contributed by atoms with van der Waals surface area (Å²) in [4.78, 5) is 134. The normalized spacial score (nSPS) is 20.4. The van der Waals surface area contributed by atoms with Crippen LogP contribution in [0.1, 0.15) is 414 Å². The zero-order valence-corrected chi connectivity index (χ0v) is 75.3. The summed E-state index contributed by atoms with van der Waals surface area (Å²) in [6.45, 7) is 11.1. The lowest BCUT2D eigenvalue weighted by atomic mass is 9.95. The molecule has 0 aromatic rings. The van der Waals surface area contributed by atoms with Gasteiger partial charge in [0, 0.05) is 26.2 Å². The van der Waals surface area contributed by atoms with E-state index in [1.807, 2.05) is 0 Å². The molecule has 0 radical (unpaired) electrons. The Labute approximate surface area is 709 Å². The average Bonchev–Trinajstić information content (AvgIpc) is 0.774. The van der Waals surface area contributed by atoms with E-state index in [4.69, 9.17) is 42.4 Å². The zero-order valence-electron chi connectivity index (χ0n) is 74.4. The Bertz CT molecular complexity index is 2630. The molecule has 0 spiro atoms. The molecule has 0 aromatic heterocycles. The minimum Gasteiger partial charge on any atom is -0.548 e. The molecule has 2 saturated heterocycles. The van der Waals surface area contributed by atoms with Gasteiger partial charge in [0.1, 0.15) is 60.9 Å². The minimum atomic E-state index is -5.82. The standard InChI is InChI=1S/C89H164N3O24P.H3N/c1-8-14-20-26-32-35-41-44-50-56-69(110-77(97)59-53-47-38-29-23-17-11-4)62-75(95)91-72(87(103)104)66-108-89-82(92-76(96)63-70(57-51-45-42-36-33-27-21-15-9-2)111-78(98)60-54-48-39-30-24-18-12-5)86(85(116-117(105,106)107)74(114-89)67-109-88-81(90-68(7)94)84(102)83(101)73(65-93)113-88)115-80(100)64-71(58-52-46-43-37-34-28-22-16-10-3)112-79(99)61-55-49-40-31-25-19-13-6;/h69-74,81-86,88-89,93,101-102H,8-67H2,1-7H3,(H,90,94)(H,91,95)(H,92,96)(H,103,104)(H2,105,106,107);1H3/t69-,70-,71-,72+,73-,74-,81-,82-,83-,84-,85-,86-,88-,89-;/m1./s1. The first-order valence-corrected chi connectivity index (χ1v) is 48.1. The summed E-state index contributed by atoms with van der Waals surface area (Å²) in [6, 6.07) is -5.60. The second kappa shape index (κ2) is 71.9. The molecule has 2 aliphatic heterocycles. The van der Waals surface area contributed by atoms with Gasteiger partial charge in [0.2, 0.25) is 17.7 Å². The Hall–Kier alpha value is -4.45. The number of hydrogen-bond acceptors (Lipinski definition) is 22. The minimum absolute atomic E-state index is 0. The van der Waals surface area contributed by atoms with Gasteiger partial charge in [-0.3, -0.25) is 38.1 Å². The molecule has 0 aromatic carbocycles. The fraction of sp³-hybridized carbons (Fsp3) is 0.910. The highest BCUT2D eigenvalue weighted by Gasteiger charge is 2.54. The van der Waals surface area contributed by atoms with Crippen LogP contribution in [0, 0.1) is 0 Å². The third kappa shape index (κ3) is 55.6. The molecule has 118 heavy (non-hydrogen) atoms. The number of carboxylic acids is 1. The molecule has 692 valence electrons. The molecule has 0 bridgehead atoms. The molecule has 0 unspecified atom stereocenters. The van der Waals surface area contributed by atoms with Gasteiger partial charge in [-0.15, -0.1) is 0 Å². The first-order chi connectivity index (χ1) is 56.4. The van der Waals surface area contributed by atoms with Crippen molar-refractivity contribution in [3.05, 3.63) is 0 Å². The summed E-state index contributed by atoms with van der Waals surface area (Å²) < 4.78 is 68.6. The summed E-state index contributed by atoms with van der Waals surface area (Å²) in [5.74, 6) is -7.09. The summed E-state index contributed by atoms with van der Waals surface area (Å²) in [5, 5.41) is 53.7. The maximum atomic E-state index is 15.2. The van der Waals surface area contributed by atoms with Crippen LogP contribution in [0.5, 0.6) is 0 Å². The van der Waals surface area contributed by atoms with Crippen LogP contribution < -0.4 is 27.2 Å². The van der Waals surface area contributed by atoms with Crippen LogP contribution in [0.3, 0.4) is 0 Å². The summed E-state index contributed by atoms with van der Waals surface area (Å²) >= 11 is 0. The van der Waals surface area contributed by atoms with Crippen LogP contribution in [-0.4, -0.2) is 178 Å². The number of amides is 3. The van der Waals surface area contributed by atoms with E-state index in [2.05, 4.69) is 57.5 Å². The Morgan fingerprint density at radius 1 is 0.407 bits per heavy atom. The number of aliphatic carboxylic acids is 1. The van der Waals surface area contributed by atoms with Crippen molar-refractivity contribution in [2.45, 2.75) is 500 Å². The molecule has 0 aliphatic carbocycles. The Kier molecular flexibility index (Phi) is 68.0. The maximum Gasteiger partial charge on any atom is 0.470 e. The first-order valence-electron chi connectivity index (χ1n) is 46.5. The highest BCUT2D eigenvalue weighted by molar-refractivity contribution is 7.46. The van der Waals surface area contributed by atoms with Gasteiger partial charge >= 0.3 is 31.7 Å². The molecule has 0 saturated carbocycles. The van der Waals surface area contributed by atoms with E-state index in [1.165, 1.54) is 6.42 Å². The lowest BCUT2D eigenvalue weighted by molar-refractivity contribution is -0.315. The molecule has 3 amide bonds. The molecule has 2 aliphatic rings. The Morgan fingerprint density at radius 3 is 1.08 bits per heavy atom. The number of unbranched alkanes of at least 4 members (excludes halogenated alkanes) is 42. The van der Waals surface area contributed by atoms with Gasteiger partial charge in [0.25, 0.3) is 0 Å². The quantitative estimate of drug-likeness (QED) is 0.0118. The maximum absolute atomic E-state index is 15.2. The number of carboxylic acid groups (broad SMARTS) is 1. The fourth-order valence-electron chi connectivity index (χ4n) is 15.3. The van der Waals surface area contributed by atoms with Gasteiger partial charge in [-0.05, 0) is 57.8 Å². The number of hydrogen-bond donors (Lipinski definition) is 9. The van der Waals surface area contributed by atoms with Gasteiger partial charge in [-0.25, -0.2) is 4.57 Å². The SMILES string of the molecule is CCCCCCCCCCC[C@H](CC(=O)N[C@H]1[C@H](OC[C@H](NC(=O)C[C@@H](CCCCCCCCCCC)OC(=O)CCCCCCCCC)C(=O)[O-])O[C@H](CO[C@@H]2O[C@H](CO)[C@@H](O)[C@H](O)[C@H]2NC(C)=O)[C@@H](OP(=O)(O)O)[C@@H]1OC(=O)C[C@@H](CCCCCCCCCCC)OC(=O)CCCCCCCCC)OC(=O)CCCCCCCCC.[NH4+]. The predicted octanol–water partition coefficient (Wildman–Crippen LogP) is 16.3. The van der Waals surface area contributed by atoms with Gasteiger partial charge < -0.3 is 95.0 Å². The van der Waals surface area contributed by atoms with Crippen molar-refractivity contribution in [1.29, 1.82) is 0 Å². The van der Waals surface area contributed by atoms with Crippen molar-refractivity contribution in [3.8, 4) is 0 Å². The van der Waals surface area contributed by atoms with E-state index in [-0.39, 0.29) is 38.3 Å². The number of aliphatic hydroxyl groups excluding tert-OH is 3. The van der Waals surface area contributed by atoms with Crippen molar-refractivity contribution in [3.63, 3.8) is 0 Å². The second-order valence-electron chi connectivity index (χ2n) is 33.1. The summed E-state index contributed by atoms with van der Waals surface area (Å²) in [5.41, 5.74) is 0. The van der Waals surface area contributed by atoms with Crippen LogP contribution in [0.15, 0.2) is 0 Å². The van der Waals surface area contributed by atoms with E-state index in [9.17, 15) is 63.5 Å². The van der Waals surface area contributed by atoms with Crippen molar-refractivity contribution < 1.29 is 116 Å². The van der Waals surface area contributed by atoms with Crippen LogP contribution in [0.2, 0.25) is 0 Å². The lowest BCUT2D eigenvalue weighted by Crippen LogP contribution is -2.68. The number of ether oxygens (including phenoxy) is 8. The number of phosphoric ester groups is 1. The van der Waals surface area contributed by atoms with Crippen molar-refractivity contribution in [2.75, 3.05) is 19.8 Å². The van der Waals surface area contributed by atoms with Crippen molar-refractivity contribution >= 4 is 55.4 Å². The monoisotopic (exact) mass is 1710 g/mol. The second-order valence-corrected chi connectivity index (χ2v) is 34.3. The largest absolute Gasteiger partial charge is 0.548 e. The third-order valence-corrected chi connectivity index (χ3v) is 22.7. The van der Waals surface area contributed by atoms with Crippen molar-refractivity contribution in [1.82, 2.24) is 22.1 Å². The Balaban J connectivity index is 0.0000696. The van der Waals surface area contributed by atoms with E-state index in [0.29, 0.717) is 44.9 Å². The third-order valence-electron chi connectivity index (χ3n) is 22.2. The summed E-state index contributed by atoms with van der Waals surface area (Å²) in [7, 11) is -5.82. The number of carbonyl (C=O) groups excluding carboxylic acids is 8. The first kappa shape index (κ1) is 112. The highest BCUT2D eigenvalue weighted by Crippen LogP contribution is 2.43.